The van der Waals surface area contributed by atoms with Crippen LogP contribution in [0.1, 0.15) is 6.92 Å². The van der Waals surface area contributed by atoms with Crippen LogP contribution in [0.2, 0.25) is 5.02 Å². The van der Waals surface area contributed by atoms with Crippen LogP contribution < -0.4 is 10.2 Å². The average molecular weight is 299 g/mol. The normalized spacial score (nSPS) is 13.4. The van der Waals surface area contributed by atoms with Crippen molar-refractivity contribution in [2.24, 2.45) is 0 Å². The maximum Gasteiger partial charge on any atom is 0.280 e. The number of carbonyl (C=O) groups excluding carboxylic acids is 2. The van der Waals surface area contributed by atoms with E-state index in [1.54, 1.807) is 38.4 Å². The number of amides is 2. The van der Waals surface area contributed by atoms with Crippen molar-refractivity contribution in [2.45, 2.75) is 13.0 Å². The van der Waals surface area contributed by atoms with E-state index in [0.29, 0.717) is 10.7 Å². The number of nitrogens with one attached hydrogen (secondary N) is 2. The van der Waals surface area contributed by atoms with E-state index in [4.69, 9.17) is 11.6 Å². The Hall–Kier alpha value is -1.59. The van der Waals surface area contributed by atoms with E-state index in [9.17, 15) is 9.59 Å². The van der Waals surface area contributed by atoms with E-state index in [1.165, 1.54) is 4.90 Å². The first-order valence-corrected chi connectivity index (χ1v) is 6.78. The van der Waals surface area contributed by atoms with Crippen molar-refractivity contribution >= 4 is 29.1 Å². The van der Waals surface area contributed by atoms with Gasteiger partial charge in [0, 0.05) is 24.8 Å². The lowest BCUT2D eigenvalue weighted by Gasteiger charge is -2.23. The van der Waals surface area contributed by atoms with Gasteiger partial charge in [-0.05, 0) is 31.2 Å². The number of rotatable bonds is 5. The monoisotopic (exact) mass is 298 g/mol. The van der Waals surface area contributed by atoms with Crippen LogP contribution in [0.3, 0.4) is 0 Å². The molecule has 110 valence electrons. The summed E-state index contributed by atoms with van der Waals surface area (Å²) in [5.74, 6) is -0.134. The Labute approximate surface area is 124 Å². The Kier molecular flexibility index (Phi) is 5.98. The first-order valence-electron chi connectivity index (χ1n) is 6.40. The Balaban J connectivity index is 2.53. The van der Waals surface area contributed by atoms with E-state index >= 15 is 0 Å². The van der Waals surface area contributed by atoms with Gasteiger partial charge in [-0.2, -0.15) is 0 Å². The summed E-state index contributed by atoms with van der Waals surface area (Å²) in [5.41, 5.74) is 0.693. The van der Waals surface area contributed by atoms with Gasteiger partial charge in [0.15, 0.2) is 12.6 Å². The molecule has 6 heteroatoms. The van der Waals surface area contributed by atoms with Crippen LogP contribution in [0.5, 0.6) is 0 Å². The molecule has 0 aliphatic heterocycles. The molecule has 0 spiro atoms. The smallest absolute Gasteiger partial charge is 0.280 e. The molecule has 1 aromatic carbocycles. The van der Waals surface area contributed by atoms with E-state index in [2.05, 4.69) is 5.32 Å². The second kappa shape index (κ2) is 7.26. The van der Waals surface area contributed by atoms with Gasteiger partial charge in [0.05, 0.1) is 7.05 Å². The summed E-state index contributed by atoms with van der Waals surface area (Å²) in [6.07, 6.45) is 0. The van der Waals surface area contributed by atoms with Gasteiger partial charge in [0.1, 0.15) is 0 Å². The highest BCUT2D eigenvalue weighted by atomic mass is 35.5. The topological polar surface area (TPSA) is 53.9 Å². The van der Waals surface area contributed by atoms with Crippen molar-refractivity contribution in [3.8, 4) is 0 Å². The van der Waals surface area contributed by atoms with Crippen molar-refractivity contribution in [3.05, 3.63) is 29.3 Å². The zero-order valence-electron chi connectivity index (χ0n) is 12.2. The van der Waals surface area contributed by atoms with Gasteiger partial charge in [0.2, 0.25) is 0 Å². The Morgan fingerprint density at radius 1 is 1.30 bits per heavy atom. The maximum atomic E-state index is 11.9. The lowest BCUT2D eigenvalue weighted by Crippen LogP contribution is -3.15. The van der Waals surface area contributed by atoms with Gasteiger partial charge < -0.3 is 15.1 Å². The molecule has 20 heavy (non-hydrogen) atoms. The Bertz CT molecular complexity index is 474. The van der Waals surface area contributed by atoms with Gasteiger partial charge >= 0.3 is 0 Å². The number of anilines is 1. The molecule has 2 amide bonds. The molecule has 0 aromatic heterocycles. The van der Waals surface area contributed by atoms with Crippen LogP contribution in [0, 0.1) is 0 Å². The molecular formula is C14H21ClN3O2+. The highest BCUT2D eigenvalue weighted by molar-refractivity contribution is 6.30. The molecule has 0 bridgehead atoms. The van der Waals surface area contributed by atoms with E-state index in [0.717, 1.165) is 4.90 Å². The number of carbonyl (C=O) groups is 2. The van der Waals surface area contributed by atoms with Crippen molar-refractivity contribution in [1.82, 2.24) is 4.90 Å². The fourth-order valence-electron chi connectivity index (χ4n) is 1.74. The van der Waals surface area contributed by atoms with Crippen LogP contribution in [0.4, 0.5) is 5.69 Å². The number of benzene rings is 1. The fraction of sp³-hybridized carbons (Fsp3) is 0.429. The third-order valence-electron chi connectivity index (χ3n) is 3.12. The number of hydrogen-bond acceptors (Lipinski definition) is 2. The predicted octanol–water partition coefficient (Wildman–Crippen LogP) is 0.270. The van der Waals surface area contributed by atoms with Crippen LogP contribution in [0.15, 0.2) is 24.3 Å². The molecule has 0 heterocycles. The SMILES string of the molecule is C[C@@H](C(=O)N(C)C)[NH+](C)CC(=O)Nc1ccc(Cl)cc1. The van der Waals surface area contributed by atoms with E-state index in [-0.39, 0.29) is 24.4 Å². The third-order valence-corrected chi connectivity index (χ3v) is 3.37. The summed E-state index contributed by atoms with van der Waals surface area (Å²) >= 11 is 5.78. The molecule has 0 saturated heterocycles. The lowest BCUT2D eigenvalue weighted by atomic mass is 10.2. The van der Waals surface area contributed by atoms with Crippen LogP contribution >= 0.6 is 11.6 Å². The predicted molar refractivity (Wildman–Crippen MR) is 80.0 cm³/mol. The van der Waals surface area contributed by atoms with Gasteiger partial charge in [-0.1, -0.05) is 11.6 Å². The number of halogens is 1. The number of hydrogen-bond donors (Lipinski definition) is 2. The van der Waals surface area contributed by atoms with Gasteiger partial charge in [0.25, 0.3) is 11.8 Å². The fourth-order valence-corrected chi connectivity index (χ4v) is 1.87. The summed E-state index contributed by atoms with van der Waals surface area (Å²) in [6.45, 7) is 2.04. The molecule has 0 fully saturated rings. The molecule has 5 nitrogen and oxygen atoms in total. The summed E-state index contributed by atoms with van der Waals surface area (Å²) in [7, 11) is 5.24. The lowest BCUT2D eigenvalue weighted by molar-refractivity contribution is -0.886. The minimum absolute atomic E-state index is 0.00166. The molecular weight excluding hydrogens is 278 g/mol. The van der Waals surface area contributed by atoms with Crippen LogP contribution in [-0.2, 0) is 9.59 Å². The van der Waals surface area contributed by atoms with E-state index in [1.807, 2.05) is 14.0 Å². The van der Waals surface area contributed by atoms with Crippen molar-refractivity contribution in [3.63, 3.8) is 0 Å². The number of quaternary nitrogens is 1. The minimum atomic E-state index is -0.263. The molecule has 0 radical (unpaired) electrons. The van der Waals surface area contributed by atoms with Gasteiger partial charge in [-0.15, -0.1) is 0 Å². The average Bonchev–Trinajstić information content (AvgIpc) is 2.39. The first-order chi connectivity index (χ1) is 9.31. The van der Waals surface area contributed by atoms with Crippen molar-refractivity contribution in [1.29, 1.82) is 0 Å². The second-order valence-corrected chi connectivity index (χ2v) is 5.47. The zero-order chi connectivity index (χ0) is 15.3. The summed E-state index contributed by atoms with van der Waals surface area (Å²) < 4.78 is 0. The first kappa shape index (κ1) is 16.5. The molecule has 0 aliphatic rings. The number of likely N-dealkylation sites (N-methyl/N-ethyl adjacent to an activating group) is 2. The molecule has 1 rings (SSSR count). The molecule has 0 saturated carbocycles. The zero-order valence-corrected chi connectivity index (χ0v) is 13.0. The number of nitrogens with zero attached hydrogens (tertiary/aromatic N) is 1. The Morgan fingerprint density at radius 3 is 2.35 bits per heavy atom. The molecule has 0 aliphatic carbocycles. The molecule has 2 N–H and O–H groups in total. The van der Waals surface area contributed by atoms with Crippen molar-refractivity contribution < 1.29 is 14.5 Å². The van der Waals surface area contributed by atoms with Gasteiger partial charge in [-0.25, -0.2) is 0 Å². The maximum absolute atomic E-state index is 11.9. The Morgan fingerprint density at radius 2 is 1.85 bits per heavy atom. The third kappa shape index (κ3) is 4.83. The van der Waals surface area contributed by atoms with Crippen LogP contribution in [0.25, 0.3) is 0 Å². The molecule has 2 atom stereocenters. The minimum Gasteiger partial charge on any atom is -0.344 e. The highest BCUT2D eigenvalue weighted by Gasteiger charge is 2.25. The highest BCUT2D eigenvalue weighted by Crippen LogP contribution is 2.12. The van der Waals surface area contributed by atoms with Crippen LogP contribution in [-0.4, -0.2) is 50.4 Å². The molecule has 1 unspecified atom stereocenters. The largest absolute Gasteiger partial charge is 0.344 e. The second-order valence-electron chi connectivity index (χ2n) is 5.03. The summed E-state index contributed by atoms with van der Waals surface area (Å²) in [6, 6.07) is 6.65. The quantitative estimate of drug-likeness (QED) is 0.820. The van der Waals surface area contributed by atoms with Gasteiger partial charge in [-0.3, -0.25) is 9.59 Å². The van der Waals surface area contributed by atoms with E-state index < -0.39 is 0 Å². The molecule has 1 aromatic rings. The standard InChI is InChI=1S/C14H20ClN3O2/c1-10(14(20)17(2)3)18(4)9-13(19)16-12-7-5-11(15)6-8-12/h5-8,10H,9H2,1-4H3,(H,16,19)/p+1/t10-/m0/s1. The summed E-state index contributed by atoms with van der Waals surface area (Å²) in [4.78, 5) is 26.1. The van der Waals surface area contributed by atoms with Crippen molar-refractivity contribution in [2.75, 3.05) is 33.0 Å². The summed E-state index contributed by atoms with van der Waals surface area (Å²) in [5, 5.41) is 3.40.